The first-order valence-electron chi connectivity index (χ1n) is 7.57. The van der Waals surface area contributed by atoms with Gasteiger partial charge in [-0.3, -0.25) is 10.1 Å². The van der Waals surface area contributed by atoms with Crippen LogP contribution >= 0.6 is 12.2 Å². The third kappa shape index (κ3) is 4.86. The van der Waals surface area contributed by atoms with Crippen molar-refractivity contribution in [3.8, 4) is 11.5 Å². The van der Waals surface area contributed by atoms with Gasteiger partial charge in [-0.25, -0.2) is 4.98 Å². The number of carbonyl (C=O) groups excluding carboxylic acids is 1. The van der Waals surface area contributed by atoms with Crippen LogP contribution in [0.5, 0.6) is 11.5 Å². The summed E-state index contributed by atoms with van der Waals surface area (Å²) < 4.78 is 5.70. The number of hydrogen-bond donors (Lipinski definition) is 2. The zero-order valence-electron chi connectivity index (χ0n) is 13.2. The maximum absolute atomic E-state index is 12.2. The molecule has 0 aliphatic carbocycles. The van der Waals surface area contributed by atoms with Crippen LogP contribution in [0.4, 0.5) is 5.82 Å². The fraction of sp³-hybridized carbons (Fsp3) is 0. The zero-order valence-corrected chi connectivity index (χ0v) is 14.0. The van der Waals surface area contributed by atoms with E-state index in [9.17, 15) is 4.79 Å². The third-order valence-electron chi connectivity index (χ3n) is 3.23. The van der Waals surface area contributed by atoms with Crippen LogP contribution in [0.3, 0.4) is 0 Å². The number of benzene rings is 2. The number of nitrogens with zero attached hydrogens (tertiary/aromatic N) is 1. The quantitative estimate of drug-likeness (QED) is 0.697. The molecular weight excluding hydrogens is 334 g/mol. The molecule has 0 spiro atoms. The van der Waals surface area contributed by atoms with Gasteiger partial charge in [-0.15, -0.1) is 0 Å². The molecule has 3 rings (SSSR count). The number of nitrogens with one attached hydrogen (secondary N) is 2. The highest BCUT2D eigenvalue weighted by Gasteiger charge is 2.08. The van der Waals surface area contributed by atoms with Crippen LogP contribution in [0, 0.1) is 0 Å². The average molecular weight is 349 g/mol. The van der Waals surface area contributed by atoms with Gasteiger partial charge in [-0.2, -0.15) is 0 Å². The first-order chi connectivity index (χ1) is 12.2. The maximum Gasteiger partial charge on any atom is 0.257 e. The van der Waals surface area contributed by atoms with Gasteiger partial charge in [0.2, 0.25) is 0 Å². The summed E-state index contributed by atoms with van der Waals surface area (Å²) in [5, 5.41) is 5.65. The van der Waals surface area contributed by atoms with Crippen molar-refractivity contribution in [1.82, 2.24) is 10.3 Å². The lowest BCUT2D eigenvalue weighted by Crippen LogP contribution is -2.34. The molecular formula is C19H15N3O2S. The van der Waals surface area contributed by atoms with Crippen molar-refractivity contribution in [3.05, 3.63) is 84.6 Å². The molecule has 1 aromatic heterocycles. The van der Waals surface area contributed by atoms with E-state index in [2.05, 4.69) is 15.6 Å². The Bertz CT molecular complexity index is 853. The van der Waals surface area contributed by atoms with Crippen LogP contribution in [0.1, 0.15) is 10.4 Å². The number of pyridine rings is 1. The highest BCUT2D eigenvalue weighted by atomic mass is 32.1. The molecule has 0 fully saturated rings. The molecule has 0 saturated carbocycles. The molecule has 1 heterocycles. The molecule has 6 heteroatoms. The fourth-order valence-corrected chi connectivity index (χ4v) is 2.26. The summed E-state index contributed by atoms with van der Waals surface area (Å²) in [6.07, 6.45) is 1.64. The van der Waals surface area contributed by atoms with Gasteiger partial charge in [-0.1, -0.05) is 24.3 Å². The van der Waals surface area contributed by atoms with E-state index in [4.69, 9.17) is 17.0 Å². The average Bonchev–Trinajstić information content (AvgIpc) is 2.64. The highest BCUT2D eigenvalue weighted by molar-refractivity contribution is 7.80. The Balaban J connectivity index is 1.58. The molecule has 124 valence electrons. The van der Waals surface area contributed by atoms with Crippen molar-refractivity contribution in [3.63, 3.8) is 0 Å². The Hall–Kier alpha value is -3.25. The maximum atomic E-state index is 12.2. The summed E-state index contributed by atoms with van der Waals surface area (Å²) in [6.45, 7) is 0. The minimum absolute atomic E-state index is 0.188. The molecule has 2 aromatic carbocycles. The number of carbonyl (C=O) groups is 1. The van der Waals surface area contributed by atoms with E-state index < -0.39 is 0 Å². The third-order valence-corrected chi connectivity index (χ3v) is 3.43. The molecule has 3 aromatic rings. The van der Waals surface area contributed by atoms with Gasteiger partial charge >= 0.3 is 0 Å². The molecule has 25 heavy (non-hydrogen) atoms. The van der Waals surface area contributed by atoms with Crippen molar-refractivity contribution >= 4 is 29.1 Å². The van der Waals surface area contributed by atoms with E-state index >= 15 is 0 Å². The van der Waals surface area contributed by atoms with Gasteiger partial charge in [0.05, 0.1) is 0 Å². The topological polar surface area (TPSA) is 63.2 Å². The monoisotopic (exact) mass is 349 g/mol. The van der Waals surface area contributed by atoms with Gasteiger partial charge in [0.25, 0.3) is 5.91 Å². The van der Waals surface area contributed by atoms with Gasteiger partial charge in [0.1, 0.15) is 17.3 Å². The van der Waals surface area contributed by atoms with Crippen LogP contribution in [0.25, 0.3) is 0 Å². The van der Waals surface area contributed by atoms with Gasteiger partial charge in [0, 0.05) is 11.8 Å². The van der Waals surface area contributed by atoms with Crippen LogP contribution in [-0.2, 0) is 0 Å². The number of rotatable bonds is 4. The Kier molecular flexibility index (Phi) is 5.33. The number of ether oxygens (including phenoxy) is 1. The molecule has 0 radical (unpaired) electrons. The first-order valence-corrected chi connectivity index (χ1v) is 7.98. The predicted molar refractivity (Wildman–Crippen MR) is 101 cm³/mol. The Morgan fingerprint density at radius 3 is 2.24 bits per heavy atom. The Labute approximate surface area is 150 Å². The normalized spacial score (nSPS) is 9.92. The minimum atomic E-state index is -0.306. The van der Waals surface area contributed by atoms with Gasteiger partial charge < -0.3 is 10.1 Å². The smallest absolute Gasteiger partial charge is 0.257 e. The lowest BCUT2D eigenvalue weighted by molar-refractivity contribution is 0.0977. The lowest BCUT2D eigenvalue weighted by Gasteiger charge is -2.09. The van der Waals surface area contributed by atoms with E-state index in [0.717, 1.165) is 5.75 Å². The molecule has 0 atom stereocenters. The summed E-state index contributed by atoms with van der Waals surface area (Å²) >= 11 is 5.12. The van der Waals surface area contributed by atoms with Crippen LogP contribution in [-0.4, -0.2) is 16.0 Å². The standard InChI is InChI=1S/C19H15N3O2S/c23-18(22-19(25)21-17-8-4-5-13-20-17)14-9-11-16(12-10-14)24-15-6-2-1-3-7-15/h1-13H,(H2,20,21,22,23,25). The first kappa shape index (κ1) is 16.6. The van der Waals surface area contributed by atoms with E-state index in [0.29, 0.717) is 17.1 Å². The van der Waals surface area contributed by atoms with Gasteiger partial charge in [-0.05, 0) is 60.7 Å². The summed E-state index contributed by atoms with van der Waals surface area (Å²) in [6, 6.07) is 21.6. The number of aromatic nitrogens is 1. The fourth-order valence-electron chi connectivity index (χ4n) is 2.06. The van der Waals surface area contributed by atoms with E-state index in [-0.39, 0.29) is 11.0 Å². The summed E-state index contributed by atoms with van der Waals surface area (Å²) in [5.74, 6) is 1.65. The SMILES string of the molecule is O=C(NC(=S)Nc1ccccn1)c1ccc(Oc2ccccc2)cc1. The van der Waals surface area contributed by atoms with E-state index in [1.807, 2.05) is 36.4 Å². The summed E-state index contributed by atoms with van der Waals surface area (Å²) in [7, 11) is 0. The Morgan fingerprint density at radius 2 is 1.56 bits per heavy atom. The lowest BCUT2D eigenvalue weighted by atomic mass is 10.2. The summed E-state index contributed by atoms with van der Waals surface area (Å²) in [4.78, 5) is 16.3. The molecule has 1 amide bonds. The Morgan fingerprint density at radius 1 is 0.880 bits per heavy atom. The van der Waals surface area contributed by atoms with Crippen molar-refractivity contribution < 1.29 is 9.53 Å². The van der Waals surface area contributed by atoms with E-state index in [1.165, 1.54) is 0 Å². The van der Waals surface area contributed by atoms with Crippen molar-refractivity contribution in [2.75, 3.05) is 5.32 Å². The van der Waals surface area contributed by atoms with Crippen molar-refractivity contribution in [2.45, 2.75) is 0 Å². The largest absolute Gasteiger partial charge is 0.457 e. The van der Waals surface area contributed by atoms with E-state index in [1.54, 1.807) is 42.6 Å². The van der Waals surface area contributed by atoms with Crippen LogP contribution in [0.2, 0.25) is 0 Å². The van der Waals surface area contributed by atoms with Crippen LogP contribution < -0.4 is 15.4 Å². The van der Waals surface area contributed by atoms with Crippen LogP contribution in [0.15, 0.2) is 79.0 Å². The van der Waals surface area contributed by atoms with Crippen molar-refractivity contribution in [2.24, 2.45) is 0 Å². The second-order valence-electron chi connectivity index (χ2n) is 5.06. The second-order valence-corrected chi connectivity index (χ2v) is 5.47. The number of anilines is 1. The zero-order chi connectivity index (χ0) is 17.5. The molecule has 0 unspecified atom stereocenters. The number of amides is 1. The summed E-state index contributed by atoms with van der Waals surface area (Å²) in [5.41, 5.74) is 0.477. The molecule has 5 nitrogen and oxygen atoms in total. The minimum Gasteiger partial charge on any atom is -0.457 e. The van der Waals surface area contributed by atoms with Crippen molar-refractivity contribution in [1.29, 1.82) is 0 Å². The molecule has 0 bridgehead atoms. The predicted octanol–water partition coefficient (Wildman–Crippen LogP) is 4.00. The number of hydrogen-bond acceptors (Lipinski definition) is 4. The number of thiocarbonyl (C=S) groups is 1. The highest BCUT2D eigenvalue weighted by Crippen LogP contribution is 2.21. The molecule has 0 saturated heterocycles. The molecule has 2 N–H and O–H groups in total. The number of para-hydroxylation sites is 1. The van der Waals surface area contributed by atoms with Gasteiger partial charge in [0.15, 0.2) is 5.11 Å². The molecule has 0 aliphatic heterocycles. The second kappa shape index (κ2) is 8.03. The molecule has 0 aliphatic rings.